The predicted octanol–water partition coefficient (Wildman–Crippen LogP) is 7.95. The maximum atomic E-state index is 2.39. The number of hydrogen-bond donors (Lipinski definition) is 0. The molecule has 3 rings (SSSR count). The molecule has 3 aromatic rings. The molecule has 0 saturated carbocycles. The summed E-state index contributed by atoms with van der Waals surface area (Å²) in [6.45, 7) is 14.2. The molecular formula is C29H36. The summed E-state index contributed by atoms with van der Waals surface area (Å²) >= 11 is 0. The molecule has 0 aliphatic heterocycles. The minimum absolute atomic E-state index is 0.0981. The van der Waals surface area contributed by atoms with E-state index >= 15 is 0 Å². The molecule has 0 heterocycles. The van der Waals surface area contributed by atoms with E-state index in [1.165, 1.54) is 27.8 Å². The maximum Gasteiger partial charge on any atom is -0.00227 e. The summed E-state index contributed by atoms with van der Waals surface area (Å²) in [5.74, 6) is 0.467. The smallest absolute Gasteiger partial charge is 0.00227 e. The molecule has 0 fully saturated rings. The van der Waals surface area contributed by atoms with Gasteiger partial charge in [-0.2, -0.15) is 0 Å². The van der Waals surface area contributed by atoms with Gasteiger partial charge in [0.2, 0.25) is 0 Å². The van der Waals surface area contributed by atoms with Crippen LogP contribution in [-0.4, -0.2) is 0 Å². The zero-order valence-electron chi connectivity index (χ0n) is 19.0. The van der Waals surface area contributed by atoms with Gasteiger partial charge in [0.05, 0.1) is 0 Å². The zero-order valence-corrected chi connectivity index (χ0v) is 19.0. The standard InChI is InChI=1S/C29H36/c1-28(2,3)26(21-23-16-11-8-12-17-23)25-19-13-18-24(27(25)29(4,5)6)20-22-14-9-7-10-15-22/h7-19,26H,20-21H2,1-6H3. The van der Waals surface area contributed by atoms with Gasteiger partial charge in [-0.15, -0.1) is 0 Å². The molecule has 0 amide bonds. The molecule has 0 aromatic heterocycles. The van der Waals surface area contributed by atoms with E-state index in [1.807, 2.05) is 0 Å². The van der Waals surface area contributed by atoms with E-state index in [4.69, 9.17) is 0 Å². The molecule has 0 heteroatoms. The molecule has 0 N–H and O–H groups in total. The average Bonchev–Trinajstić information content (AvgIpc) is 2.66. The van der Waals surface area contributed by atoms with Crippen molar-refractivity contribution in [1.29, 1.82) is 0 Å². The van der Waals surface area contributed by atoms with Crippen LogP contribution >= 0.6 is 0 Å². The largest absolute Gasteiger partial charge is 0.0622 e. The lowest BCUT2D eigenvalue weighted by atomic mass is 9.68. The Hall–Kier alpha value is -2.34. The minimum atomic E-state index is 0.0981. The third-order valence-electron chi connectivity index (χ3n) is 5.87. The Balaban J connectivity index is 2.11. The van der Waals surface area contributed by atoms with Crippen molar-refractivity contribution in [2.75, 3.05) is 0 Å². The van der Waals surface area contributed by atoms with Crippen LogP contribution in [0.3, 0.4) is 0 Å². The monoisotopic (exact) mass is 384 g/mol. The highest BCUT2D eigenvalue weighted by molar-refractivity contribution is 5.45. The Bertz CT molecular complexity index is 906. The quantitative estimate of drug-likeness (QED) is 0.419. The topological polar surface area (TPSA) is 0 Å². The second-order valence-electron chi connectivity index (χ2n) is 10.4. The summed E-state index contributed by atoms with van der Waals surface area (Å²) in [6.07, 6.45) is 2.06. The lowest BCUT2D eigenvalue weighted by molar-refractivity contribution is 0.313. The first-order chi connectivity index (χ1) is 13.7. The number of rotatable bonds is 5. The summed E-state index contributed by atoms with van der Waals surface area (Å²) in [5, 5.41) is 0. The van der Waals surface area contributed by atoms with E-state index in [1.54, 1.807) is 0 Å². The molecule has 3 aromatic carbocycles. The van der Waals surface area contributed by atoms with Gasteiger partial charge < -0.3 is 0 Å². The van der Waals surface area contributed by atoms with Crippen LogP contribution in [-0.2, 0) is 18.3 Å². The molecule has 0 aliphatic rings. The molecule has 152 valence electrons. The number of benzene rings is 3. The molecule has 0 saturated heterocycles. The second kappa shape index (κ2) is 8.57. The van der Waals surface area contributed by atoms with Crippen molar-refractivity contribution < 1.29 is 0 Å². The summed E-state index contributed by atoms with van der Waals surface area (Å²) in [5.41, 5.74) is 7.58. The minimum Gasteiger partial charge on any atom is -0.0622 e. The van der Waals surface area contributed by atoms with Crippen molar-refractivity contribution in [3.8, 4) is 0 Å². The molecule has 1 unspecified atom stereocenters. The van der Waals surface area contributed by atoms with Gasteiger partial charge in [-0.3, -0.25) is 0 Å². The van der Waals surface area contributed by atoms with Gasteiger partial charge in [0.25, 0.3) is 0 Å². The van der Waals surface area contributed by atoms with Crippen LogP contribution in [0.1, 0.15) is 75.3 Å². The molecule has 0 radical (unpaired) electrons. The van der Waals surface area contributed by atoms with Gasteiger partial charge in [-0.25, -0.2) is 0 Å². The summed E-state index contributed by atoms with van der Waals surface area (Å²) < 4.78 is 0. The Labute approximate surface area is 178 Å². The fourth-order valence-corrected chi connectivity index (χ4v) is 4.52. The Morgan fingerprint density at radius 3 is 1.69 bits per heavy atom. The first-order valence-electron chi connectivity index (χ1n) is 10.9. The van der Waals surface area contributed by atoms with Gasteiger partial charge in [0, 0.05) is 0 Å². The van der Waals surface area contributed by atoms with Gasteiger partial charge >= 0.3 is 0 Å². The third-order valence-corrected chi connectivity index (χ3v) is 5.87. The van der Waals surface area contributed by atoms with Gasteiger partial charge in [-0.1, -0.05) is 120 Å². The highest BCUT2D eigenvalue weighted by atomic mass is 14.4. The molecule has 29 heavy (non-hydrogen) atoms. The molecule has 0 nitrogen and oxygen atoms in total. The van der Waals surface area contributed by atoms with Crippen LogP contribution < -0.4 is 0 Å². The van der Waals surface area contributed by atoms with Crippen LogP contribution in [0.4, 0.5) is 0 Å². The van der Waals surface area contributed by atoms with Crippen molar-refractivity contribution in [1.82, 2.24) is 0 Å². The lowest BCUT2D eigenvalue weighted by Gasteiger charge is -2.37. The zero-order chi connectivity index (χ0) is 21.1. The fraction of sp³-hybridized carbons (Fsp3) is 0.379. The molecule has 0 spiro atoms. The van der Waals surface area contributed by atoms with Crippen LogP contribution in [0.2, 0.25) is 0 Å². The van der Waals surface area contributed by atoms with Gasteiger partial charge in [-0.05, 0) is 57.4 Å². The first kappa shape index (κ1) is 21.4. The SMILES string of the molecule is CC(C)(C)c1c(Cc2ccccc2)cccc1C(Cc1ccccc1)C(C)(C)C. The Kier molecular flexibility index (Phi) is 6.32. The Morgan fingerprint density at radius 2 is 1.17 bits per heavy atom. The maximum absolute atomic E-state index is 2.39. The highest BCUT2D eigenvalue weighted by Crippen LogP contribution is 2.43. The van der Waals surface area contributed by atoms with E-state index in [9.17, 15) is 0 Å². The summed E-state index contributed by atoms with van der Waals surface area (Å²) in [7, 11) is 0. The van der Waals surface area contributed by atoms with Crippen molar-refractivity contribution in [2.45, 2.75) is 65.7 Å². The summed E-state index contributed by atoms with van der Waals surface area (Å²) in [4.78, 5) is 0. The summed E-state index contributed by atoms with van der Waals surface area (Å²) in [6, 6.07) is 28.8. The third kappa shape index (κ3) is 5.38. The van der Waals surface area contributed by atoms with E-state index in [0.717, 1.165) is 12.8 Å². The van der Waals surface area contributed by atoms with Crippen LogP contribution in [0.5, 0.6) is 0 Å². The van der Waals surface area contributed by atoms with Crippen molar-refractivity contribution in [2.24, 2.45) is 5.41 Å². The van der Waals surface area contributed by atoms with Gasteiger partial charge in [0.15, 0.2) is 0 Å². The van der Waals surface area contributed by atoms with Crippen molar-refractivity contribution in [3.05, 3.63) is 107 Å². The first-order valence-corrected chi connectivity index (χ1v) is 10.9. The molecule has 1 atom stereocenters. The normalized spacial score (nSPS) is 13.3. The van der Waals surface area contributed by atoms with Crippen molar-refractivity contribution >= 4 is 0 Å². The van der Waals surface area contributed by atoms with E-state index in [-0.39, 0.29) is 10.8 Å². The average molecular weight is 385 g/mol. The van der Waals surface area contributed by atoms with Crippen LogP contribution in [0.25, 0.3) is 0 Å². The fourth-order valence-electron chi connectivity index (χ4n) is 4.52. The highest BCUT2D eigenvalue weighted by Gasteiger charge is 2.32. The molecule has 0 aliphatic carbocycles. The van der Waals surface area contributed by atoms with Crippen LogP contribution in [0, 0.1) is 5.41 Å². The van der Waals surface area contributed by atoms with E-state index in [0.29, 0.717) is 5.92 Å². The Morgan fingerprint density at radius 1 is 0.621 bits per heavy atom. The number of hydrogen-bond acceptors (Lipinski definition) is 0. The van der Waals surface area contributed by atoms with E-state index < -0.39 is 0 Å². The molecule has 0 bridgehead atoms. The predicted molar refractivity (Wildman–Crippen MR) is 127 cm³/mol. The van der Waals surface area contributed by atoms with Crippen LogP contribution in [0.15, 0.2) is 78.9 Å². The van der Waals surface area contributed by atoms with Crippen molar-refractivity contribution in [3.63, 3.8) is 0 Å². The van der Waals surface area contributed by atoms with E-state index in [2.05, 4.69) is 120 Å². The van der Waals surface area contributed by atoms with Gasteiger partial charge in [0.1, 0.15) is 0 Å². The lowest BCUT2D eigenvalue weighted by Crippen LogP contribution is -2.26. The second-order valence-corrected chi connectivity index (χ2v) is 10.4. The molecular weight excluding hydrogens is 348 g/mol.